The summed E-state index contributed by atoms with van der Waals surface area (Å²) in [5.74, 6) is 0. The number of hydrogen-bond donors (Lipinski definition) is 1. The van der Waals surface area contributed by atoms with Gasteiger partial charge in [0.2, 0.25) is 0 Å². The largest absolute Gasteiger partial charge is 0.416 e. The van der Waals surface area contributed by atoms with E-state index in [2.05, 4.69) is 39.5 Å². The number of halogens is 3. The van der Waals surface area contributed by atoms with Gasteiger partial charge in [-0.25, -0.2) is 0 Å². The summed E-state index contributed by atoms with van der Waals surface area (Å²) in [6, 6.07) is 6.68. The molecule has 0 atom stereocenters. The second-order valence-electron chi connectivity index (χ2n) is 5.38. The van der Waals surface area contributed by atoms with Crippen LogP contribution in [0.15, 0.2) is 24.3 Å². The number of nitrogens with two attached hydrogens (primary N) is 1. The quantitative estimate of drug-likeness (QED) is 0.899. The molecule has 122 valence electrons. The molecule has 1 aromatic rings. The SMILES string of the molecule is CCN(C(C)C)C(C)C.NCc1ccccc1C(F)(F)F. The van der Waals surface area contributed by atoms with Crippen LogP contribution in [-0.4, -0.2) is 23.5 Å². The van der Waals surface area contributed by atoms with Crippen LogP contribution in [0.25, 0.3) is 0 Å². The van der Waals surface area contributed by atoms with E-state index >= 15 is 0 Å². The zero-order valence-electron chi connectivity index (χ0n) is 13.5. The second kappa shape index (κ2) is 9.05. The highest BCUT2D eigenvalue weighted by atomic mass is 19.4. The maximum atomic E-state index is 12.2. The van der Waals surface area contributed by atoms with E-state index in [1.54, 1.807) is 0 Å². The van der Waals surface area contributed by atoms with Crippen molar-refractivity contribution in [2.75, 3.05) is 6.54 Å². The summed E-state index contributed by atoms with van der Waals surface area (Å²) in [6.07, 6.45) is -4.30. The Kier molecular flexibility index (Phi) is 8.59. The summed E-state index contributed by atoms with van der Waals surface area (Å²) in [5.41, 5.74) is 4.63. The lowest BCUT2D eigenvalue weighted by Crippen LogP contribution is -2.36. The summed E-state index contributed by atoms with van der Waals surface area (Å²) >= 11 is 0. The van der Waals surface area contributed by atoms with E-state index < -0.39 is 11.7 Å². The van der Waals surface area contributed by atoms with Crippen molar-refractivity contribution in [3.8, 4) is 0 Å². The Morgan fingerprint density at radius 3 is 1.76 bits per heavy atom. The molecule has 1 rings (SSSR count). The van der Waals surface area contributed by atoms with Gasteiger partial charge >= 0.3 is 6.18 Å². The summed E-state index contributed by atoms with van der Waals surface area (Å²) < 4.78 is 36.5. The van der Waals surface area contributed by atoms with Crippen molar-refractivity contribution in [2.45, 2.75) is 59.4 Å². The zero-order chi connectivity index (χ0) is 16.6. The van der Waals surface area contributed by atoms with Crippen molar-refractivity contribution in [3.63, 3.8) is 0 Å². The first-order valence-corrected chi connectivity index (χ1v) is 7.26. The molecule has 2 nitrogen and oxygen atoms in total. The van der Waals surface area contributed by atoms with E-state index in [0.717, 1.165) is 12.6 Å². The van der Waals surface area contributed by atoms with Crippen molar-refractivity contribution in [3.05, 3.63) is 35.4 Å². The molecule has 21 heavy (non-hydrogen) atoms. The molecule has 0 aliphatic heterocycles. The third kappa shape index (κ3) is 6.96. The average Bonchev–Trinajstić information content (AvgIpc) is 2.38. The van der Waals surface area contributed by atoms with Crippen LogP contribution in [0.4, 0.5) is 13.2 Å². The average molecular weight is 304 g/mol. The van der Waals surface area contributed by atoms with Crippen LogP contribution in [0.3, 0.4) is 0 Å². The van der Waals surface area contributed by atoms with Gasteiger partial charge in [-0.1, -0.05) is 25.1 Å². The van der Waals surface area contributed by atoms with Gasteiger partial charge in [-0.05, 0) is 45.9 Å². The summed E-state index contributed by atoms with van der Waals surface area (Å²) in [4.78, 5) is 2.46. The van der Waals surface area contributed by atoms with Crippen LogP contribution in [-0.2, 0) is 12.7 Å². The van der Waals surface area contributed by atoms with Gasteiger partial charge < -0.3 is 5.73 Å². The standard InChI is InChI=1S/C8H8F3N.C8H19N/c9-8(10,11)7-4-2-1-3-6(7)5-12;1-6-9(7(2)3)8(4)5/h1-4H,5,12H2;7-8H,6H2,1-5H3. The molecule has 2 N–H and O–H groups in total. The van der Waals surface area contributed by atoms with E-state index in [1.165, 1.54) is 18.2 Å². The van der Waals surface area contributed by atoms with E-state index in [9.17, 15) is 13.2 Å². The fourth-order valence-corrected chi connectivity index (χ4v) is 2.30. The lowest BCUT2D eigenvalue weighted by molar-refractivity contribution is -0.138. The fourth-order valence-electron chi connectivity index (χ4n) is 2.30. The van der Waals surface area contributed by atoms with Crippen molar-refractivity contribution in [1.29, 1.82) is 0 Å². The molecule has 0 aliphatic rings. The molecule has 0 heterocycles. The Morgan fingerprint density at radius 2 is 1.52 bits per heavy atom. The molecule has 0 bridgehead atoms. The zero-order valence-corrected chi connectivity index (χ0v) is 13.5. The predicted molar refractivity (Wildman–Crippen MR) is 82.0 cm³/mol. The Morgan fingerprint density at radius 1 is 1.05 bits per heavy atom. The maximum Gasteiger partial charge on any atom is 0.416 e. The van der Waals surface area contributed by atoms with Gasteiger partial charge in [0.25, 0.3) is 0 Å². The Bertz CT molecular complexity index is 393. The summed E-state index contributed by atoms with van der Waals surface area (Å²) in [6.45, 7) is 12.2. The van der Waals surface area contributed by atoms with E-state index in [-0.39, 0.29) is 12.1 Å². The molecule has 0 spiro atoms. The Labute approximate surface area is 126 Å². The number of nitrogens with zero attached hydrogens (tertiary/aromatic N) is 1. The van der Waals surface area contributed by atoms with Crippen LogP contribution in [0.1, 0.15) is 45.7 Å². The highest BCUT2D eigenvalue weighted by molar-refractivity contribution is 5.29. The van der Waals surface area contributed by atoms with Gasteiger partial charge in [0.1, 0.15) is 0 Å². The van der Waals surface area contributed by atoms with E-state index in [0.29, 0.717) is 12.1 Å². The van der Waals surface area contributed by atoms with E-state index in [1.807, 2.05) is 0 Å². The van der Waals surface area contributed by atoms with Crippen molar-refractivity contribution in [1.82, 2.24) is 4.90 Å². The highest BCUT2D eigenvalue weighted by Crippen LogP contribution is 2.31. The topological polar surface area (TPSA) is 29.3 Å². The highest BCUT2D eigenvalue weighted by Gasteiger charge is 2.32. The van der Waals surface area contributed by atoms with Gasteiger partial charge in [0.15, 0.2) is 0 Å². The fraction of sp³-hybridized carbons (Fsp3) is 0.625. The third-order valence-electron chi connectivity index (χ3n) is 3.23. The molecular weight excluding hydrogens is 277 g/mol. The number of benzene rings is 1. The van der Waals surface area contributed by atoms with Gasteiger partial charge in [-0.3, -0.25) is 4.90 Å². The summed E-state index contributed by atoms with van der Waals surface area (Å²) in [5, 5.41) is 0. The van der Waals surface area contributed by atoms with Crippen LogP contribution in [0.2, 0.25) is 0 Å². The lowest BCUT2D eigenvalue weighted by Gasteiger charge is -2.28. The first-order valence-electron chi connectivity index (χ1n) is 7.26. The lowest BCUT2D eigenvalue weighted by atomic mass is 10.1. The first kappa shape index (κ1) is 19.9. The van der Waals surface area contributed by atoms with E-state index in [4.69, 9.17) is 5.73 Å². The molecule has 0 aliphatic carbocycles. The smallest absolute Gasteiger partial charge is 0.326 e. The van der Waals surface area contributed by atoms with Crippen molar-refractivity contribution < 1.29 is 13.2 Å². The third-order valence-corrected chi connectivity index (χ3v) is 3.23. The van der Waals surface area contributed by atoms with Crippen molar-refractivity contribution >= 4 is 0 Å². The molecule has 0 radical (unpaired) electrons. The minimum absolute atomic E-state index is 0.0876. The second-order valence-corrected chi connectivity index (χ2v) is 5.38. The summed E-state index contributed by atoms with van der Waals surface area (Å²) in [7, 11) is 0. The molecule has 0 fully saturated rings. The molecule has 1 aromatic carbocycles. The van der Waals surface area contributed by atoms with Crippen molar-refractivity contribution in [2.24, 2.45) is 5.73 Å². The number of rotatable bonds is 4. The Balaban J connectivity index is 0.000000400. The Hall–Kier alpha value is -1.07. The van der Waals surface area contributed by atoms with Gasteiger partial charge in [0, 0.05) is 18.6 Å². The molecule has 5 heteroatoms. The maximum absolute atomic E-state index is 12.2. The first-order chi connectivity index (χ1) is 9.65. The van der Waals surface area contributed by atoms with Crippen LogP contribution >= 0.6 is 0 Å². The predicted octanol–water partition coefficient (Wildman–Crippen LogP) is 4.29. The molecule has 0 saturated carbocycles. The monoisotopic (exact) mass is 304 g/mol. The minimum Gasteiger partial charge on any atom is -0.326 e. The van der Waals surface area contributed by atoms with Gasteiger partial charge in [-0.15, -0.1) is 0 Å². The normalized spacial score (nSPS) is 11.8. The van der Waals surface area contributed by atoms with Crippen LogP contribution < -0.4 is 5.73 Å². The molecular formula is C16H27F3N2. The van der Waals surface area contributed by atoms with Gasteiger partial charge in [0.05, 0.1) is 5.56 Å². The van der Waals surface area contributed by atoms with Crippen LogP contribution in [0.5, 0.6) is 0 Å². The molecule has 0 unspecified atom stereocenters. The van der Waals surface area contributed by atoms with Gasteiger partial charge in [-0.2, -0.15) is 13.2 Å². The molecule has 0 saturated heterocycles. The molecule has 0 aromatic heterocycles. The van der Waals surface area contributed by atoms with Crippen LogP contribution in [0, 0.1) is 0 Å². The number of hydrogen-bond acceptors (Lipinski definition) is 2. The molecule has 0 amide bonds. The number of alkyl halides is 3. The minimum atomic E-state index is -4.30.